The minimum absolute atomic E-state index is 0.0136. The van der Waals surface area contributed by atoms with Crippen LogP contribution in [0, 0.1) is 0 Å². The van der Waals surface area contributed by atoms with Gasteiger partial charge in [-0.1, -0.05) is 192 Å². The second-order valence-electron chi connectivity index (χ2n) is 13.7. The molecule has 44 heavy (non-hydrogen) atoms. The molecule has 0 radical (unpaired) electrons. The van der Waals surface area contributed by atoms with Gasteiger partial charge in [-0.3, -0.25) is 4.79 Å². The Bertz CT molecular complexity index is 558. The fraction of sp³-hybridized carbons (Fsp3) is 0.927. The third-order valence-electron chi connectivity index (χ3n) is 9.21. The summed E-state index contributed by atoms with van der Waals surface area (Å²) in [7, 11) is 0. The summed E-state index contributed by atoms with van der Waals surface area (Å²) in [5.41, 5.74) is 0. The average molecular weight is 621 g/mol. The highest BCUT2D eigenvalue weighted by atomic mass is 16.5. The molecule has 262 valence electrons. The van der Waals surface area contributed by atoms with Crippen LogP contribution >= 0.6 is 0 Å². The number of aliphatic hydroxyl groups excluding tert-OH is 1. The number of ether oxygens (including phenoxy) is 1. The van der Waals surface area contributed by atoms with Crippen LogP contribution in [0.4, 0.5) is 0 Å². The molecule has 0 spiro atoms. The summed E-state index contributed by atoms with van der Waals surface area (Å²) in [6.45, 7) is 3.26. The maximum absolute atomic E-state index is 12.0. The summed E-state index contributed by atoms with van der Waals surface area (Å²) in [6, 6.07) is 0. The molecule has 0 saturated heterocycles. The lowest BCUT2D eigenvalue weighted by Crippen LogP contribution is -2.05. The van der Waals surface area contributed by atoms with Crippen molar-refractivity contribution in [1.29, 1.82) is 0 Å². The smallest absolute Gasteiger partial charge is 0.305 e. The van der Waals surface area contributed by atoms with Gasteiger partial charge in [0.1, 0.15) is 0 Å². The molecule has 1 N–H and O–H groups in total. The zero-order valence-electron chi connectivity index (χ0n) is 30.1. The molecular weight excluding hydrogens is 540 g/mol. The number of hydrogen-bond donors (Lipinski definition) is 1. The van der Waals surface area contributed by atoms with Gasteiger partial charge < -0.3 is 9.84 Å². The van der Waals surface area contributed by atoms with E-state index in [1.165, 1.54) is 193 Å². The Hall–Kier alpha value is -0.830. The van der Waals surface area contributed by atoms with Gasteiger partial charge in [0, 0.05) is 13.0 Å². The van der Waals surface area contributed by atoms with E-state index < -0.39 is 0 Å². The van der Waals surface area contributed by atoms with E-state index in [1.807, 2.05) is 0 Å². The van der Waals surface area contributed by atoms with Crippen molar-refractivity contribution in [1.82, 2.24) is 0 Å². The molecule has 0 rings (SSSR count). The summed E-state index contributed by atoms with van der Waals surface area (Å²) >= 11 is 0. The lowest BCUT2D eigenvalue weighted by Gasteiger charge is -2.06. The number of aliphatic hydroxyl groups is 1. The van der Waals surface area contributed by atoms with E-state index in [0.717, 1.165) is 25.7 Å². The number of carbonyl (C=O) groups excluding carboxylic acids is 1. The normalized spacial score (nSPS) is 11.6. The number of esters is 1. The third-order valence-corrected chi connectivity index (χ3v) is 9.21. The molecule has 0 amide bonds. The fourth-order valence-corrected chi connectivity index (χ4v) is 6.17. The Morgan fingerprint density at radius 2 is 0.750 bits per heavy atom. The first kappa shape index (κ1) is 43.2. The Balaban J connectivity index is 3.17. The number of hydrogen-bond acceptors (Lipinski definition) is 3. The molecule has 0 aliphatic rings. The highest BCUT2D eigenvalue weighted by molar-refractivity contribution is 5.69. The van der Waals surface area contributed by atoms with Crippen molar-refractivity contribution in [2.24, 2.45) is 0 Å². The SMILES string of the molecule is CCCCCCCC/C=C\CCCCCCCC(=O)OCCCCCCCCCCCCCCCCCCCCCCCO. The van der Waals surface area contributed by atoms with E-state index in [2.05, 4.69) is 19.1 Å². The number of allylic oxidation sites excluding steroid dienone is 2. The van der Waals surface area contributed by atoms with E-state index in [4.69, 9.17) is 9.84 Å². The van der Waals surface area contributed by atoms with E-state index >= 15 is 0 Å². The summed E-state index contributed by atoms with van der Waals surface area (Å²) < 4.78 is 5.45. The summed E-state index contributed by atoms with van der Waals surface area (Å²) in [5, 5.41) is 8.79. The van der Waals surface area contributed by atoms with Gasteiger partial charge in [-0.15, -0.1) is 0 Å². The average Bonchev–Trinajstić information content (AvgIpc) is 3.03. The third kappa shape index (κ3) is 39.2. The lowest BCUT2D eigenvalue weighted by molar-refractivity contribution is -0.143. The Morgan fingerprint density at radius 1 is 0.432 bits per heavy atom. The van der Waals surface area contributed by atoms with Crippen LogP contribution in [0.2, 0.25) is 0 Å². The molecule has 3 nitrogen and oxygen atoms in total. The zero-order chi connectivity index (χ0) is 31.9. The molecule has 0 unspecified atom stereocenters. The van der Waals surface area contributed by atoms with Crippen molar-refractivity contribution in [3.05, 3.63) is 12.2 Å². The van der Waals surface area contributed by atoms with Crippen LogP contribution in [0.1, 0.15) is 232 Å². The maximum atomic E-state index is 12.0. The van der Waals surface area contributed by atoms with Crippen molar-refractivity contribution in [3.8, 4) is 0 Å². The first-order chi connectivity index (χ1) is 21.8. The van der Waals surface area contributed by atoms with Crippen LogP contribution in [0.15, 0.2) is 12.2 Å². The molecule has 0 aromatic rings. The molecular formula is C41H80O3. The van der Waals surface area contributed by atoms with Crippen LogP contribution in [-0.4, -0.2) is 24.3 Å². The topological polar surface area (TPSA) is 46.5 Å². The van der Waals surface area contributed by atoms with E-state index in [1.54, 1.807) is 0 Å². The molecule has 0 fully saturated rings. The van der Waals surface area contributed by atoms with Gasteiger partial charge >= 0.3 is 5.97 Å². The van der Waals surface area contributed by atoms with Crippen molar-refractivity contribution in [3.63, 3.8) is 0 Å². The largest absolute Gasteiger partial charge is 0.466 e. The first-order valence-corrected chi connectivity index (χ1v) is 20.2. The molecule has 0 saturated carbocycles. The van der Waals surface area contributed by atoms with Gasteiger partial charge in [-0.05, 0) is 44.9 Å². The molecule has 0 aromatic heterocycles. The highest BCUT2D eigenvalue weighted by Gasteiger charge is 2.02. The lowest BCUT2D eigenvalue weighted by atomic mass is 10.0. The first-order valence-electron chi connectivity index (χ1n) is 20.2. The fourth-order valence-electron chi connectivity index (χ4n) is 6.17. The molecule has 0 bridgehead atoms. The van der Waals surface area contributed by atoms with Crippen LogP contribution in [0.25, 0.3) is 0 Å². The Labute approximate surface area is 277 Å². The zero-order valence-corrected chi connectivity index (χ0v) is 30.1. The number of carbonyl (C=O) groups is 1. The number of unbranched alkanes of at least 4 members (excludes halogenated alkanes) is 31. The van der Waals surface area contributed by atoms with E-state index in [9.17, 15) is 4.79 Å². The Morgan fingerprint density at radius 3 is 1.14 bits per heavy atom. The van der Waals surface area contributed by atoms with Crippen LogP contribution in [0.3, 0.4) is 0 Å². The predicted octanol–water partition coefficient (Wildman–Crippen LogP) is 13.8. The predicted molar refractivity (Wildman–Crippen MR) is 194 cm³/mol. The Kier molecular flexibility index (Phi) is 39.4. The molecule has 0 atom stereocenters. The van der Waals surface area contributed by atoms with Gasteiger partial charge in [0.2, 0.25) is 0 Å². The van der Waals surface area contributed by atoms with Gasteiger partial charge in [0.05, 0.1) is 6.61 Å². The van der Waals surface area contributed by atoms with E-state index in [0.29, 0.717) is 19.6 Å². The molecule has 3 heteroatoms. The summed E-state index contributed by atoms with van der Waals surface area (Å²) in [6.07, 6.45) is 50.2. The monoisotopic (exact) mass is 621 g/mol. The second-order valence-corrected chi connectivity index (χ2v) is 13.7. The van der Waals surface area contributed by atoms with Crippen LogP contribution in [-0.2, 0) is 9.53 Å². The van der Waals surface area contributed by atoms with Crippen molar-refractivity contribution < 1.29 is 14.6 Å². The minimum atomic E-state index is 0.0136. The number of rotatable bonds is 38. The van der Waals surface area contributed by atoms with Gasteiger partial charge in [0.15, 0.2) is 0 Å². The summed E-state index contributed by atoms with van der Waals surface area (Å²) in [5.74, 6) is 0.0136. The standard InChI is InChI=1S/C41H80O3/c1-2-3-4-5-6-7-8-9-17-20-23-26-29-32-35-38-41(43)44-40-37-34-31-28-25-22-19-16-14-12-10-11-13-15-18-21-24-27-30-33-36-39-42/h9,17,42H,2-8,10-16,18-40H2,1H3/b17-9-. The minimum Gasteiger partial charge on any atom is -0.466 e. The van der Waals surface area contributed by atoms with Gasteiger partial charge in [-0.25, -0.2) is 0 Å². The van der Waals surface area contributed by atoms with Gasteiger partial charge in [0.25, 0.3) is 0 Å². The van der Waals surface area contributed by atoms with Crippen LogP contribution < -0.4 is 0 Å². The van der Waals surface area contributed by atoms with Crippen molar-refractivity contribution in [2.75, 3.05) is 13.2 Å². The molecule has 0 aliphatic carbocycles. The maximum Gasteiger partial charge on any atom is 0.305 e. The molecule has 0 aliphatic heterocycles. The summed E-state index contributed by atoms with van der Waals surface area (Å²) in [4.78, 5) is 12.0. The highest BCUT2D eigenvalue weighted by Crippen LogP contribution is 2.15. The van der Waals surface area contributed by atoms with Crippen LogP contribution in [0.5, 0.6) is 0 Å². The molecule has 0 aromatic carbocycles. The van der Waals surface area contributed by atoms with Crippen molar-refractivity contribution in [2.45, 2.75) is 232 Å². The molecule has 0 heterocycles. The quantitative estimate of drug-likeness (QED) is 0.0424. The van der Waals surface area contributed by atoms with Crippen molar-refractivity contribution >= 4 is 5.97 Å². The van der Waals surface area contributed by atoms with E-state index in [-0.39, 0.29) is 5.97 Å². The van der Waals surface area contributed by atoms with Gasteiger partial charge in [-0.2, -0.15) is 0 Å². The second kappa shape index (κ2) is 40.2.